The van der Waals surface area contributed by atoms with Crippen molar-refractivity contribution in [3.8, 4) is 0 Å². The zero-order valence-corrected chi connectivity index (χ0v) is 12.5. The minimum absolute atomic E-state index is 0.551. The fraction of sp³-hybridized carbons (Fsp3) is 0.714. The topological polar surface area (TPSA) is 24.5 Å². The number of rotatable bonds is 5. The Morgan fingerprint density at radius 2 is 2.11 bits per heavy atom. The normalized spacial score (nSPS) is 17.6. The molecule has 0 bridgehead atoms. The van der Waals surface area contributed by atoms with Gasteiger partial charge in [-0.2, -0.15) is 0 Å². The second kappa shape index (κ2) is 6.66. The first-order valence-corrected chi connectivity index (χ1v) is 7.58. The molecule has 3 nitrogen and oxygen atoms in total. The average molecular weight is 268 g/mol. The van der Waals surface area contributed by atoms with E-state index in [4.69, 9.17) is 4.74 Å². The number of thiophene rings is 1. The van der Waals surface area contributed by atoms with Crippen LogP contribution in [0.5, 0.6) is 0 Å². The first-order chi connectivity index (χ1) is 8.65. The molecule has 18 heavy (non-hydrogen) atoms. The van der Waals surface area contributed by atoms with Gasteiger partial charge >= 0.3 is 0 Å². The van der Waals surface area contributed by atoms with Crippen molar-refractivity contribution in [3.05, 3.63) is 21.4 Å². The second-order valence-electron chi connectivity index (χ2n) is 5.22. The summed E-state index contributed by atoms with van der Waals surface area (Å²) >= 11 is 1.92. The van der Waals surface area contributed by atoms with Crippen LogP contribution in [0, 0.1) is 6.92 Å². The molecule has 1 aliphatic heterocycles. The minimum atomic E-state index is 0.551. The Hall–Kier alpha value is -0.420. The lowest BCUT2D eigenvalue weighted by Crippen LogP contribution is -2.35. The summed E-state index contributed by atoms with van der Waals surface area (Å²) in [6.07, 6.45) is 0. The molecule has 0 unspecified atom stereocenters. The highest BCUT2D eigenvalue weighted by molar-refractivity contribution is 7.12. The largest absolute Gasteiger partial charge is 0.379 e. The predicted octanol–water partition coefficient (Wildman–Crippen LogP) is 2.39. The Labute approximate surface area is 114 Å². The number of hydrogen-bond acceptors (Lipinski definition) is 4. The lowest BCUT2D eigenvalue weighted by Gasteiger charge is -2.26. The molecular weight excluding hydrogens is 244 g/mol. The van der Waals surface area contributed by atoms with Crippen molar-refractivity contribution >= 4 is 11.3 Å². The molecule has 1 saturated heterocycles. The van der Waals surface area contributed by atoms with Gasteiger partial charge in [-0.05, 0) is 18.6 Å². The lowest BCUT2D eigenvalue weighted by atomic mass is 10.2. The minimum Gasteiger partial charge on any atom is -0.379 e. The zero-order chi connectivity index (χ0) is 13.0. The van der Waals surface area contributed by atoms with Crippen molar-refractivity contribution in [3.63, 3.8) is 0 Å². The van der Waals surface area contributed by atoms with Crippen LogP contribution in [0.25, 0.3) is 0 Å². The molecule has 1 aromatic rings. The number of morpholine rings is 1. The van der Waals surface area contributed by atoms with Gasteiger partial charge in [-0.1, -0.05) is 13.8 Å². The summed E-state index contributed by atoms with van der Waals surface area (Å²) in [5, 5.41) is 3.48. The molecule has 0 radical (unpaired) electrons. The van der Waals surface area contributed by atoms with Crippen molar-refractivity contribution < 1.29 is 4.74 Å². The third-order valence-electron chi connectivity index (χ3n) is 3.25. The third kappa shape index (κ3) is 4.05. The van der Waals surface area contributed by atoms with Gasteiger partial charge in [0.05, 0.1) is 13.2 Å². The molecule has 0 spiro atoms. The quantitative estimate of drug-likeness (QED) is 0.887. The molecule has 0 saturated carbocycles. The first-order valence-electron chi connectivity index (χ1n) is 6.77. The van der Waals surface area contributed by atoms with E-state index in [0.29, 0.717) is 6.04 Å². The number of hydrogen-bond donors (Lipinski definition) is 1. The van der Waals surface area contributed by atoms with Crippen LogP contribution in [0.15, 0.2) is 6.07 Å². The molecular formula is C14H24N2OS. The molecule has 1 aromatic heterocycles. The highest BCUT2D eigenvalue weighted by Gasteiger charge is 2.13. The highest BCUT2D eigenvalue weighted by Crippen LogP contribution is 2.23. The van der Waals surface area contributed by atoms with E-state index in [1.54, 1.807) is 0 Å². The summed E-state index contributed by atoms with van der Waals surface area (Å²) in [7, 11) is 0. The molecule has 0 aliphatic carbocycles. The Balaban J connectivity index is 1.91. The summed E-state index contributed by atoms with van der Waals surface area (Å²) < 4.78 is 5.39. The van der Waals surface area contributed by atoms with Gasteiger partial charge in [0.2, 0.25) is 0 Å². The molecule has 2 heterocycles. The van der Waals surface area contributed by atoms with Crippen molar-refractivity contribution in [2.24, 2.45) is 0 Å². The molecule has 0 amide bonds. The fourth-order valence-corrected chi connectivity index (χ4v) is 3.14. The van der Waals surface area contributed by atoms with Crippen molar-refractivity contribution in [1.82, 2.24) is 10.2 Å². The molecule has 4 heteroatoms. The van der Waals surface area contributed by atoms with Crippen LogP contribution in [0.4, 0.5) is 0 Å². The predicted molar refractivity (Wildman–Crippen MR) is 77.1 cm³/mol. The van der Waals surface area contributed by atoms with Gasteiger partial charge in [0.15, 0.2) is 0 Å². The van der Waals surface area contributed by atoms with E-state index in [9.17, 15) is 0 Å². The van der Waals surface area contributed by atoms with Gasteiger partial charge in [0.1, 0.15) is 0 Å². The maximum absolute atomic E-state index is 5.39. The third-order valence-corrected chi connectivity index (χ3v) is 4.35. The summed E-state index contributed by atoms with van der Waals surface area (Å²) in [5.41, 5.74) is 1.49. The van der Waals surface area contributed by atoms with Crippen molar-refractivity contribution in [2.45, 2.75) is 39.9 Å². The summed E-state index contributed by atoms with van der Waals surface area (Å²) in [6, 6.07) is 2.92. The van der Waals surface area contributed by atoms with Crippen LogP contribution in [0.3, 0.4) is 0 Å². The molecule has 1 N–H and O–H groups in total. The molecule has 2 rings (SSSR count). The zero-order valence-electron chi connectivity index (χ0n) is 11.7. The summed E-state index contributed by atoms with van der Waals surface area (Å²) in [4.78, 5) is 5.39. The van der Waals surface area contributed by atoms with E-state index >= 15 is 0 Å². The molecule has 1 aliphatic rings. The maximum atomic E-state index is 5.39. The Bertz CT molecular complexity index is 370. The smallest absolute Gasteiger partial charge is 0.0594 e. The lowest BCUT2D eigenvalue weighted by molar-refractivity contribution is 0.0341. The number of ether oxygens (including phenoxy) is 1. The highest BCUT2D eigenvalue weighted by atomic mass is 32.1. The number of aryl methyl sites for hydroxylation is 1. The molecule has 102 valence electrons. The van der Waals surface area contributed by atoms with E-state index in [2.05, 4.69) is 37.1 Å². The van der Waals surface area contributed by atoms with Crippen LogP contribution in [-0.2, 0) is 17.8 Å². The van der Waals surface area contributed by atoms with E-state index in [0.717, 1.165) is 39.4 Å². The Morgan fingerprint density at radius 3 is 2.78 bits per heavy atom. The van der Waals surface area contributed by atoms with Crippen LogP contribution in [0.2, 0.25) is 0 Å². The van der Waals surface area contributed by atoms with Crippen molar-refractivity contribution in [2.75, 3.05) is 26.3 Å². The Morgan fingerprint density at radius 1 is 1.39 bits per heavy atom. The molecule has 1 fully saturated rings. The van der Waals surface area contributed by atoms with Crippen molar-refractivity contribution in [1.29, 1.82) is 0 Å². The number of nitrogens with one attached hydrogen (secondary N) is 1. The van der Waals surface area contributed by atoms with Gasteiger partial charge < -0.3 is 10.1 Å². The van der Waals surface area contributed by atoms with E-state index in [1.807, 2.05) is 11.3 Å². The average Bonchev–Trinajstić information content (AvgIpc) is 2.69. The SMILES string of the molecule is Cc1sc(CNC(C)C)cc1CN1CCOCC1. The van der Waals surface area contributed by atoms with Gasteiger partial charge in [-0.3, -0.25) is 4.90 Å². The number of nitrogens with zero attached hydrogens (tertiary/aromatic N) is 1. The van der Waals surface area contributed by atoms with Gasteiger partial charge in [-0.25, -0.2) is 0 Å². The maximum Gasteiger partial charge on any atom is 0.0594 e. The fourth-order valence-electron chi connectivity index (χ4n) is 2.14. The van der Waals surface area contributed by atoms with E-state index in [1.165, 1.54) is 15.3 Å². The van der Waals surface area contributed by atoms with Crippen LogP contribution < -0.4 is 5.32 Å². The van der Waals surface area contributed by atoms with E-state index in [-0.39, 0.29) is 0 Å². The summed E-state index contributed by atoms with van der Waals surface area (Å²) in [5.74, 6) is 0. The van der Waals surface area contributed by atoms with Crippen LogP contribution >= 0.6 is 11.3 Å². The van der Waals surface area contributed by atoms with Crippen LogP contribution in [0.1, 0.15) is 29.2 Å². The molecule has 0 aromatic carbocycles. The van der Waals surface area contributed by atoms with Gasteiger partial charge in [0, 0.05) is 42.0 Å². The summed E-state index contributed by atoms with van der Waals surface area (Å²) in [6.45, 7) is 12.6. The molecule has 0 atom stereocenters. The van der Waals surface area contributed by atoms with Gasteiger partial charge in [-0.15, -0.1) is 11.3 Å². The van der Waals surface area contributed by atoms with Crippen LogP contribution in [-0.4, -0.2) is 37.2 Å². The second-order valence-corrected chi connectivity index (χ2v) is 6.56. The standard InChI is InChI=1S/C14H24N2OS/c1-11(2)15-9-14-8-13(12(3)18-14)10-16-4-6-17-7-5-16/h8,11,15H,4-7,9-10H2,1-3H3. The monoisotopic (exact) mass is 268 g/mol. The van der Waals surface area contributed by atoms with E-state index < -0.39 is 0 Å². The first kappa shape index (κ1) is 14.0. The van der Waals surface area contributed by atoms with Gasteiger partial charge in [0.25, 0.3) is 0 Å². The Kier molecular flexibility index (Phi) is 5.18.